The quantitative estimate of drug-likeness (QED) is 0.463. The molecule has 0 amide bonds. The second-order valence-electron chi connectivity index (χ2n) is 4.05. The monoisotopic (exact) mass is 286 g/mol. The first-order valence-electron chi connectivity index (χ1n) is 6.54. The van der Waals surface area contributed by atoms with Crippen LogP contribution in [0.4, 0.5) is 0 Å². The number of thiophene rings is 1. The van der Waals surface area contributed by atoms with Crippen molar-refractivity contribution in [2.75, 3.05) is 40.1 Å². The Bertz CT molecular complexity index is 362. The minimum absolute atomic E-state index is 0.0602. The predicted molar refractivity (Wildman–Crippen MR) is 76.2 cm³/mol. The number of hydrogen-bond acceptors (Lipinski definition) is 5. The Morgan fingerprint density at radius 1 is 1.16 bits per heavy atom. The minimum atomic E-state index is 0.0602. The van der Waals surface area contributed by atoms with Crippen molar-refractivity contribution in [2.45, 2.75) is 19.8 Å². The lowest BCUT2D eigenvalue weighted by atomic mass is 10.3. The van der Waals surface area contributed by atoms with Gasteiger partial charge in [0.15, 0.2) is 5.78 Å². The second-order valence-corrected chi connectivity index (χ2v) is 5.22. The largest absolute Gasteiger partial charge is 0.382 e. The summed E-state index contributed by atoms with van der Waals surface area (Å²) < 4.78 is 15.5. The number of aryl methyl sites for hydroxylation is 1. The van der Waals surface area contributed by atoms with E-state index in [1.54, 1.807) is 18.4 Å². The van der Waals surface area contributed by atoms with Gasteiger partial charge in [-0.1, -0.05) is 6.92 Å². The van der Waals surface area contributed by atoms with Crippen molar-refractivity contribution in [1.29, 1.82) is 0 Å². The van der Waals surface area contributed by atoms with E-state index in [0.717, 1.165) is 17.7 Å². The van der Waals surface area contributed by atoms with Crippen LogP contribution in [0.1, 0.15) is 27.9 Å². The normalized spacial score (nSPS) is 10.8. The zero-order valence-corrected chi connectivity index (χ0v) is 12.5. The fraction of sp³-hybridized carbons (Fsp3) is 0.643. The van der Waals surface area contributed by atoms with E-state index in [2.05, 4.69) is 6.92 Å². The van der Waals surface area contributed by atoms with Crippen molar-refractivity contribution in [1.82, 2.24) is 0 Å². The molecule has 0 aliphatic heterocycles. The highest BCUT2D eigenvalue weighted by Gasteiger charge is 2.08. The molecule has 0 saturated carbocycles. The molecule has 1 heterocycles. The Labute approximate surface area is 118 Å². The lowest BCUT2D eigenvalue weighted by molar-refractivity contribution is 0.0489. The second kappa shape index (κ2) is 10.1. The SMILES string of the molecule is CCc1ccc(C(=O)COCCCOCCOC)s1. The van der Waals surface area contributed by atoms with Gasteiger partial charge in [-0.05, 0) is 25.0 Å². The molecule has 0 fully saturated rings. The van der Waals surface area contributed by atoms with Gasteiger partial charge in [-0.15, -0.1) is 11.3 Å². The minimum Gasteiger partial charge on any atom is -0.382 e. The van der Waals surface area contributed by atoms with Gasteiger partial charge in [0.25, 0.3) is 0 Å². The van der Waals surface area contributed by atoms with Gasteiger partial charge in [-0.25, -0.2) is 0 Å². The van der Waals surface area contributed by atoms with E-state index < -0.39 is 0 Å². The number of rotatable bonds is 11. The van der Waals surface area contributed by atoms with Crippen LogP contribution in [0.25, 0.3) is 0 Å². The van der Waals surface area contributed by atoms with Crippen LogP contribution >= 0.6 is 11.3 Å². The van der Waals surface area contributed by atoms with E-state index in [0.29, 0.717) is 26.4 Å². The Morgan fingerprint density at radius 2 is 1.95 bits per heavy atom. The van der Waals surface area contributed by atoms with Crippen molar-refractivity contribution >= 4 is 17.1 Å². The topological polar surface area (TPSA) is 44.8 Å². The molecule has 0 aliphatic carbocycles. The Kier molecular flexibility index (Phi) is 8.66. The first-order chi connectivity index (χ1) is 9.27. The summed E-state index contributed by atoms with van der Waals surface area (Å²) in [5, 5.41) is 0. The first-order valence-corrected chi connectivity index (χ1v) is 7.36. The number of hydrogen-bond donors (Lipinski definition) is 0. The molecule has 5 heteroatoms. The number of carbonyl (C=O) groups is 1. The molecule has 0 bridgehead atoms. The molecule has 0 aliphatic rings. The van der Waals surface area contributed by atoms with E-state index >= 15 is 0 Å². The Balaban J connectivity index is 2.04. The molecule has 0 radical (unpaired) electrons. The molecule has 1 aromatic rings. The number of ether oxygens (including phenoxy) is 3. The molecule has 108 valence electrons. The molecular formula is C14H22O4S. The third kappa shape index (κ3) is 6.82. The maximum Gasteiger partial charge on any atom is 0.198 e. The number of carbonyl (C=O) groups excluding carboxylic acids is 1. The lowest BCUT2D eigenvalue weighted by Crippen LogP contribution is -2.10. The van der Waals surface area contributed by atoms with E-state index in [4.69, 9.17) is 14.2 Å². The fourth-order valence-corrected chi connectivity index (χ4v) is 2.33. The molecule has 0 spiro atoms. The van der Waals surface area contributed by atoms with Gasteiger partial charge in [-0.3, -0.25) is 4.79 Å². The standard InChI is InChI=1S/C14H22O4S/c1-3-12-5-6-14(19-12)13(15)11-18-8-4-7-17-10-9-16-2/h5-6H,3-4,7-11H2,1-2H3. The van der Waals surface area contributed by atoms with Crippen molar-refractivity contribution in [3.8, 4) is 0 Å². The average molecular weight is 286 g/mol. The summed E-state index contributed by atoms with van der Waals surface area (Å²) in [5.74, 6) is 0.0602. The summed E-state index contributed by atoms with van der Waals surface area (Å²) in [7, 11) is 1.65. The van der Waals surface area contributed by atoms with E-state index in [9.17, 15) is 4.79 Å². The Morgan fingerprint density at radius 3 is 2.63 bits per heavy atom. The molecule has 0 aromatic carbocycles. The fourth-order valence-electron chi connectivity index (χ4n) is 1.46. The van der Waals surface area contributed by atoms with Crippen molar-refractivity contribution < 1.29 is 19.0 Å². The highest BCUT2D eigenvalue weighted by Crippen LogP contribution is 2.17. The zero-order chi connectivity index (χ0) is 13.9. The number of methoxy groups -OCH3 is 1. The smallest absolute Gasteiger partial charge is 0.198 e. The van der Waals surface area contributed by atoms with Crippen LogP contribution in [0.5, 0.6) is 0 Å². The number of ketones is 1. The number of Topliss-reactive ketones (excluding diaryl/α,β-unsaturated/α-hetero) is 1. The summed E-state index contributed by atoms with van der Waals surface area (Å²) >= 11 is 1.55. The third-order valence-electron chi connectivity index (χ3n) is 2.53. The van der Waals surface area contributed by atoms with Gasteiger partial charge in [0.2, 0.25) is 0 Å². The summed E-state index contributed by atoms with van der Waals surface area (Å²) in [4.78, 5) is 13.8. The molecule has 0 atom stereocenters. The summed E-state index contributed by atoms with van der Waals surface area (Å²) in [6.07, 6.45) is 1.76. The van der Waals surface area contributed by atoms with E-state index in [1.165, 1.54) is 4.88 Å². The van der Waals surface area contributed by atoms with Crippen LogP contribution < -0.4 is 0 Å². The molecule has 0 N–H and O–H groups in total. The average Bonchev–Trinajstić information content (AvgIpc) is 2.90. The maximum absolute atomic E-state index is 11.8. The molecule has 0 unspecified atom stereocenters. The zero-order valence-electron chi connectivity index (χ0n) is 11.6. The van der Waals surface area contributed by atoms with Gasteiger partial charge in [0, 0.05) is 25.2 Å². The van der Waals surface area contributed by atoms with Crippen molar-refractivity contribution in [3.63, 3.8) is 0 Å². The summed E-state index contributed by atoms with van der Waals surface area (Å²) in [6, 6.07) is 3.88. The van der Waals surface area contributed by atoms with E-state index in [1.807, 2.05) is 12.1 Å². The van der Waals surface area contributed by atoms with Gasteiger partial charge in [0.05, 0.1) is 18.1 Å². The van der Waals surface area contributed by atoms with Crippen LogP contribution in [0.3, 0.4) is 0 Å². The Hall–Kier alpha value is -0.750. The van der Waals surface area contributed by atoms with Crippen LogP contribution in [0.15, 0.2) is 12.1 Å². The van der Waals surface area contributed by atoms with Gasteiger partial charge >= 0.3 is 0 Å². The molecular weight excluding hydrogens is 264 g/mol. The van der Waals surface area contributed by atoms with Crippen molar-refractivity contribution in [2.24, 2.45) is 0 Å². The summed E-state index contributed by atoms with van der Waals surface area (Å²) in [5.41, 5.74) is 0. The first kappa shape index (κ1) is 16.3. The molecule has 0 saturated heterocycles. The molecule has 1 aromatic heterocycles. The molecule has 19 heavy (non-hydrogen) atoms. The van der Waals surface area contributed by atoms with Crippen molar-refractivity contribution in [3.05, 3.63) is 21.9 Å². The third-order valence-corrected chi connectivity index (χ3v) is 3.80. The van der Waals surface area contributed by atoms with E-state index in [-0.39, 0.29) is 12.4 Å². The maximum atomic E-state index is 11.8. The molecule has 4 nitrogen and oxygen atoms in total. The highest BCUT2D eigenvalue weighted by molar-refractivity contribution is 7.14. The van der Waals surface area contributed by atoms with Crippen LogP contribution in [-0.2, 0) is 20.6 Å². The summed E-state index contributed by atoms with van der Waals surface area (Å²) in [6.45, 7) is 4.63. The molecule has 1 rings (SSSR count). The highest BCUT2D eigenvalue weighted by atomic mass is 32.1. The predicted octanol–water partition coefficient (Wildman–Crippen LogP) is 2.56. The van der Waals surface area contributed by atoms with Crippen LogP contribution in [-0.4, -0.2) is 45.9 Å². The van der Waals surface area contributed by atoms with Crippen LogP contribution in [0.2, 0.25) is 0 Å². The van der Waals surface area contributed by atoms with Crippen LogP contribution in [0, 0.1) is 0 Å². The van der Waals surface area contributed by atoms with Gasteiger partial charge < -0.3 is 14.2 Å². The lowest BCUT2D eigenvalue weighted by Gasteiger charge is -2.04. The van der Waals surface area contributed by atoms with Gasteiger partial charge in [0.1, 0.15) is 6.61 Å². The van der Waals surface area contributed by atoms with Gasteiger partial charge in [-0.2, -0.15) is 0 Å².